The number of rotatable bonds is 8. The minimum atomic E-state index is -1.07. The first-order chi connectivity index (χ1) is 10.1. The number of nitrogens with one attached hydrogen (secondary N) is 2. The maximum atomic E-state index is 10.8. The maximum absolute atomic E-state index is 10.8. The predicted octanol–water partition coefficient (Wildman–Crippen LogP) is -0.403. The number of hydrogen-bond acceptors (Lipinski definition) is 4. The zero-order valence-corrected chi connectivity index (χ0v) is 13.0. The van der Waals surface area contributed by atoms with Gasteiger partial charge < -0.3 is 25.4 Å². The number of quaternary nitrogens is 1. The van der Waals surface area contributed by atoms with Crippen LogP contribution < -0.4 is 11.1 Å². The number of H-pyrrole nitrogens is 1. The van der Waals surface area contributed by atoms with Crippen molar-refractivity contribution in [3.8, 4) is 0 Å². The Morgan fingerprint density at radius 3 is 2.55 bits per heavy atom. The van der Waals surface area contributed by atoms with E-state index in [1.165, 1.54) is 0 Å². The first-order valence-electron chi connectivity index (χ1n) is 6.91. The van der Waals surface area contributed by atoms with Crippen molar-refractivity contribution in [1.82, 2.24) is 15.3 Å². The minimum Gasteiger partial charge on any atom is -0.480 e. The van der Waals surface area contributed by atoms with Crippen molar-refractivity contribution >= 4 is 12.1 Å². The van der Waals surface area contributed by atoms with E-state index in [9.17, 15) is 9.59 Å². The molecule has 9 nitrogen and oxygen atoms in total. The van der Waals surface area contributed by atoms with Gasteiger partial charge in [0.2, 0.25) is 0 Å². The highest BCUT2D eigenvalue weighted by atomic mass is 16.4. The van der Waals surface area contributed by atoms with Gasteiger partial charge in [-0.3, -0.25) is 10.1 Å². The van der Waals surface area contributed by atoms with Crippen LogP contribution in [0.1, 0.15) is 17.9 Å². The van der Waals surface area contributed by atoms with E-state index in [0.717, 1.165) is 0 Å². The molecule has 1 amide bonds. The van der Waals surface area contributed by atoms with Gasteiger partial charge in [0.25, 0.3) is 0 Å². The standard InChI is InChI=1S/C13H23N5O4/c1-18(2,3)11(17-13(21)22)5-4-10-15-7-8(16-10)6-9(14)12(19)20/h7,9,11,17H,4-6,14H2,1-3H3,(H2-,15,16,19,20,21,22)/p+1/t9-,11?/m0/s1. The minimum absolute atomic E-state index is 0.151. The van der Waals surface area contributed by atoms with Gasteiger partial charge in [-0.05, 0) is 0 Å². The molecule has 124 valence electrons. The molecular weight excluding hydrogens is 290 g/mol. The highest BCUT2D eigenvalue weighted by Gasteiger charge is 2.25. The molecule has 0 aliphatic carbocycles. The number of aryl methyl sites for hydroxylation is 1. The van der Waals surface area contributed by atoms with Crippen molar-refractivity contribution in [1.29, 1.82) is 0 Å². The normalized spacial score (nSPS) is 14.4. The van der Waals surface area contributed by atoms with Crippen molar-refractivity contribution in [2.24, 2.45) is 5.73 Å². The number of nitrogens with zero attached hydrogens (tertiary/aromatic N) is 2. The van der Waals surface area contributed by atoms with Crippen molar-refractivity contribution < 1.29 is 24.3 Å². The number of carboxylic acids is 1. The molecule has 6 N–H and O–H groups in total. The zero-order chi connectivity index (χ0) is 16.9. The van der Waals surface area contributed by atoms with Gasteiger partial charge in [0.15, 0.2) is 6.17 Å². The summed E-state index contributed by atoms with van der Waals surface area (Å²) in [7, 11) is 5.71. The molecule has 1 heterocycles. The third-order valence-corrected chi connectivity index (χ3v) is 3.31. The summed E-state index contributed by atoms with van der Waals surface area (Å²) < 4.78 is 0.448. The molecule has 0 radical (unpaired) electrons. The Kier molecular flexibility index (Phi) is 5.89. The highest BCUT2D eigenvalue weighted by molar-refractivity contribution is 5.73. The molecule has 1 unspecified atom stereocenters. The van der Waals surface area contributed by atoms with Crippen LogP contribution in [0.2, 0.25) is 0 Å². The van der Waals surface area contributed by atoms with Crippen LogP contribution in [-0.2, 0) is 17.6 Å². The molecule has 1 rings (SSSR count). The first-order valence-corrected chi connectivity index (χ1v) is 6.91. The number of nitrogens with two attached hydrogens (primary N) is 1. The Bertz CT molecular complexity index is 523. The summed E-state index contributed by atoms with van der Waals surface area (Å²) in [5.74, 6) is -0.390. The van der Waals surface area contributed by atoms with E-state index in [1.54, 1.807) is 6.20 Å². The lowest BCUT2D eigenvalue weighted by Gasteiger charge is -2.33. The maximum Gasteiger partial charge on any atom is 0.409 e. The van der Waals surface area contributed by atoms with Gasteiger partial charge in [-0.1, -0.05) is 0 Å². The lowest BCUT2D eigenvalue weighted by molar-refractivity contribution is -0.898. The molecular formula is C13H24N5O4+. The summed E-state index contributed by atoms with van der Waals surface area (Å²) in [5.41, 5.74) is 6.04. The van der Waals surface area contributed by atoms with E-state index in [2.05, 4.69) is 15.3 Å². The molecule has 9 heteroatoms. The fourth-order valence-corrected chi connectivity index (χ4v) is 2.02. The SMILES string of the molecule is C[N+](C)(C)C(CCc1nc(C[C@H](N)C(=O)O)c[nH]1)NC(=O)O. The first kappa shape index (κ1) is 17.9. The molecule has 22 heavy (non-hydrogen) atoms. The summed E-state index contributed by atoms with van der Waals surface area (Å²) in [6.45, 7) is 0. The van der Waals surface area contributed by atoms with Gasteiger partial charge in [0, 0.05) is 25.5 Å². The molecule has 0 aliphatic heterocycles. The van der Waals surface area contributed by atoms with E-state index in [0.29, 0.717) is 28.8 Å². The predicted molar refractivity (Wildman–Crippen MR) is 79.2 cm³/mol. The second-order valence-corrected chi connectivity index (χ2v) is 6.11. The monoisotopic (exact) mass is 314 g/mol. The summed E-state index contributed by atoms with van der Waals surface area (Å²) >= 11 is 0. The Morgan fingerprint density at radius 2 is 2.05 bits per heavy atom. The van der Waals surface area contributed by atoms with E-state index in [1.807, 2.05) is 21.1 Å². The number of aromatic amines is 1. The topological polar surface area (TPSA) is 141 Å². The van der Waals surface area contributed by atoms with E-state index in [4.69, 9.17) is 15.9 Å². The van der Waals surface area contributed by atoms with Crippen molar-refractivity contribution in [3.63, 3.8) is 0 Å². The zero-order valence-electron chi connectivity index (χ0n) is 13.0. The molecule has 1 aromatic heterocycles. The van der Waals surface area contributed by atoms with Crippen LogP contribution in [0.5, 0.6) is 0 Å². The largest absolute Gasteiger partial charge is 0.480 e. The van der Waals surface area contributed by atoms with Crippen LogP contribution >= 0.6 is 0 Å². The number of hydrogen-bond donors (Lipinski definition) is 5. The van der Waals surface area contributed by atoms with Gasteiger partial charge in [-0.2, -0.15) is 0 Å². The Morgan fingerprint density at radius 1 is 1.41 bits per heavy atom. The van der Waals surface area contributed by atoms with Crippen LogP contribution in [0.15, 0.2) is 6.20 Å². The molecule has 0 fully saturated rings. The summed E-state index contributed by atoms with van der Waals surface area (Å²) in [6.07, 6.45) is 1.55. The third-order valence-electron chi connectivity index (χ3n) is 3.31. The average molecular weight is 314 g/mol. The molecule has 0 bridgehead atoms. The second kappa shape index (κ2) is 7.23. The molecule has 0 saturated carbocycles. The summed E-state index contributed by atoms with van der Waals surface area (Å²) in [5, 5.41) is 20.1. The number of imidazole rings is 1. The summed E-state index contributed by atoms with van der Waals surface area (Å²) in [4.78, 5) is 28.8. The Hall–Kier alpha value is -2.13. The average Bonchev–Trinajstić information content (AvgIpc) is 2.80. The lowest BCUT2D eigenvalue weighted by atomic mass is 10.2. The number of carbonyl (C=O) groups is 2. The number of amides is 1. The number of carboxylic acid groups (broad SMARTS) is 2. The van der Waals surface area contributed by atoms with E-state index >= 15 is 0 Å². The Balaban J connectivity index is 2.61. The second-order valence-electron chi connectivity index (χ2n) is 6.11. The molecule has 0 spiro atoms. The highest BCUT2D eigenvalue weighted by Crippen LogP contribution is 2.09. The van der Waals surface area contributed by atoms with Crippen LogP contribution in [0.25, 0.3) is 0 Å². The van der Waals surface area contributed by atoms with Crippen LogP contribution in [0.3, 0.4) is 0 Å². The van der Waals surface area contributed by atoms with Crippen molar-refractivity contribution in [3.05, 3.63) is 17.7 Å². The van der Waals surface area contributed by atoms with Gasteiger partial charge in [-0.15, -0.1) is 0 Å². The van der Waals surface area contributed by atoms with Crippen LogP contribution in [-0.4, -0.2) is 70.1 Å². The number of aromatic nitrogens is 2. The van der Waals surface area contributed by atoms with Crippen molar-refractivity contribution in [2.75, 3.05) is 21.1 Å². The fourth-order valence-electron chi connectivity index (χ4n) is 2.02. The fraction of sp³-hybridized carbons (Fsp3) is 0.615. The smallest absolute Gasteiger partial charge is 0.409 e. The lowest BCUT2D eigenvalue weighted by Crippen LogP contribution is -2.55. The molecule has 0 aliphatic rings. The van der Waals surface area contributed by atoms with Gasteiger partial charge in [0.05, 0.1) is 26.8 Å². The van der Waals surface area contributed by atoms with Gasteiger partial charge in [0.1, 0.15) is 11.9 Å². The molecule has 2 atom stereocenters. The molecule has 0 aromatic carbocycles. The molecule has 0 saturated heterocycles. The Labute approximate surface area is 128 Å². The van der Waals surface area contributed by atoms with Crippen molar-refractivity contribution in [2.45, 2.75) is 31.5 Å². The third kappa shape index (κ3) is 5.70. The summed E-state index contributed by atoms with van der Waals surface area (Å²) in [6, 6.07) is -0.983. The van der Waals surface area contributed by atoms with E-state index < -0.39 is 18.1 Å². The van der Waals surface area contributed by atoms with Crippen LogP contribution in [0, 0.1) is 0 Å². The van der Waals surface area contributed by atoms with Gasteiger partial charge in [-0.25, -0.2) is 9.78 Å². The van der Waals surface area contributed by atoms with Gasteiger partial charge >= 0.3 is 12.1 Å². The molecule has 1 aromatic rings. The van der Waals surface area contributed by atoms with E-state index in [-0.39, 0.29) is 12.6 Å². The number of aliphatic carboxylic acids is 1. The quantitative estimate of drug-likeness (QED) is 0.326. The van der Waals surface area contributed by atoms with Crippen LogP contribution in [0.4, 0.5) is 4.79 Å².